The lowest BCUT2D eigenvalue weighted by atomic mass is 10.1. The quantitative estimate of drug-likeness (QED) is 0.322. The zero-order chi connectivity index (χ0) is 26.7. The van der Waals surface area contributed by atoms with Gasteiger partial charge in [0.25, 0.3) is 0 Å². The molecule has 2 aromatic carbocycles. The Morgan fingerprint density at radius 1 is 0.972 bits per heavy atom. The molecule has 1 unspecified atom stereocenters. The first-order chi connectivity index (χ1) is 17.1. The smallest absolute Gasteiger partial charge is 0.242 e. The maximum absolute atomic E-state index is 13.5. The highest BCUT2D eigenvalue weighted by Crippen LogP contribution is 2.27. The molecule has 2 rings (SSSR count). The van der Waals surface area contributed by atoms with Crippen LogP contribution in [0.15, 0.2) is 48.5 Å². The van der Waals surface area contributed by atoms with Gasteiger partial charge in [0.05, 0.1) is 11.9 Å². The fourth-order valence-electron chi connectivity index (χ4n) is 3.88. The van der Waals surface area contributed by atoms with E-state index in [1.807, 2.05) is 19.9 Å². The molecule has 10 heteroatoms. The first kappa shape index (κ1) is 29.9. The number of amides is 2. The number of anilines is 1. The lowest BCUT2D eigenvalue weighted by molar-refractivity contribution is -0.141. The van der Waals surface area contributed by atoms with Crippen LogP contribution in [-0.2, 0) is 26.2 Å². The summed E-state index contributed by atoms with van der Waals surface area (Å²) in [7, 11) is -3.53. The molecule has 7 nitrogen and oxygen atoms in total. The van der Waals surface area contributed by atoms with Gasteiger partial charge in [-0.05, 0) is 43.5 Å². The van der Waals surface area contributed by atoms with Gasteiger partial charge in [-0.15, -0.1) is 0 Å². The number of nitrogens with one attached hydrogen (secondary N) is 1. The van der Waals surface area contributed by atoms with Gasteiger partial charge in [0.1, 0.15) is 6.04 Å². The van der Waals surface area contributed by atoms with E-state index in [1.165, 1.54) is 9.21 Å². The van der Waals surface area contributed by atoms with Crippen molar-refractivity contribution < 1.29 is 18.0 Å². The molecule has 0 saturated heterocycles. The van der Waals surface area contributed by atoms with Gasteiger partial charge in [-0.2, -0.15) is 0 Å². The van der Waals surface area contributed by atoms with Crippen molar-refractivity contribution in [1.82, 2.24) is 10.2 Å². The normalized spacial score (nSPS) is 12.1. The molecule has 198 valence electrons. The van der Waals surface area contributed by atoms with E-state index in [2.05, 4.69) is 5.32 Å². The highest BCUT2D eigenvalue weighted by atomic mass is 35.5. The second-order valence-electron chi connectivity index (χ2n) is 8.56. The fourth-order valence-corrected chi connectivity index (χ4v) is 5.36. The van der Waals surface area contributed by atoms with Gasteiger partial charge in [-0.1, -0.05) is 67.7 Å². The molecular weight excluding hydrogens is 521 g/mol. The molecule has 0 radical (unpaired) electrons. The Kier molecular flexibility index (Phi) is 12.0. The maximum atomic E-state index is 13.5. The molecule has 0 saturated carbocycles. The summed E-state index contributed by atoms with van der Waals surface area (Å²) in [6.45, 7) is 4.62. The summed E-state index contributed by atoms with van der Waals surface area (Å²) in [6, 6.07) is 13.1. The standard InChI is InChI=1S/C26H35Cl2N3O4S/c1-4-6-17-29-26(33)24(5-2)30(19-21-22(27)14-10-15-23(21)28)25(32)16-11-18-31(36(3,34)35)20-12-8-7-9-13-20/h7-10,12-15,24H,4-6,11,16-19H2,1-3H3,(H,29,33). The Balaban J connectivity index is 2.24. The summed E-state index contributed by atoms with van der Waals surface area (Å²) in [4.78, 5) is 28.0. The monoisotopic (exact) mass is 555 g/mol. The molecule has 0 aromatic heterocycles. The third kappa shape index (κ3) is 8.68. The van der Waals surface area contributed by atoms with E-state index >= 15 is 0 Å². The predicted molar refractivity (Wildman–Crippen MR) is 147 cm³/mol. The molecule has 36 heavy (non-hydrogen) atoms. The number of nitrogens with zero attached hydrogens (tertiary/aromatic N) is 2. The first-order valence-electron chi connectivity index (χ1n) is 12.1. The molecule has 0 heterocycles. The summed E-state index contributed by atoms with van der Waals surface area (Å²) in [5.74, 6) is -0.505. The van der Waals surface area contributed by atoms with Gasteiger partial charge in [0.2, 0.25) is 21.8 Å². The van der Waals surface area contributed by atoms with Crippen LogP contribution in [0.1, 0.15) is 51.5 Å². The highest BCUT2D eigenvalue weighted by molar-refractivity contribution is 7.92. The van der Waals surface area contributed by atoms with Crippen molar-refractivity contribution in [3.8, 4) is 0 Å². The molecule has 0 bridgehead atoms. The predicted octanol–water partition coefficient (Wildman–Crippen LogP) is 5.26. The van der Waals surface area contributed by atoms with Crippen LogP contribution in [0, 0.1) is 0 Å². The minimum atomic E-state index is -3.53. The minimum absolute atomic E-state index is 0.0552. The lowest BCUT2D eigenvalue weighted by Crippen LogP contribution is -2.49. The second-order valence-corrected chi connectivity index (χ2v) is 11.3. The van der Waals surface area contributed by atoms with Crippen molar-refractivity contribution in [2.45, 2.75) is 58.5 Å². The van der Waals surface area contributed by atoms with Gasteiger partial charge >= 0.3 is 0 Å². The average Bonchev–Trinajstić information content (AvgIpc) is 2.83. The SMILES string of the molecule is CCCCNC(=O)C(CC)N(Cc1c(Cl)cccc1Cl)C(=O)CCCN(c1ccccc1)S(C)(=O)=O. The van der Waals surface area contributed by atoms with E-state index in [1.54, 1.807) is 42.5 Å². The van der Waals surface area contributed by atoms with E-state index in [0.717, 1.165) is 19.1 Å². The van der Waals surface area contributed by atoms with Gasteiger partial charge in [0, 0.05) is 41.7 Å². The molecule has 2 aromatic rings. The van der Waals surface area contributed by atoms with Crippen LogP contribution in [0.2, 0.25) is 10.0 Å². The zero-order valence-electron chi connectivity index (χ0n) is 21.0. The number of hydrogen-bond donors (Lipinski definition) is 1. The number of carbonyl (C=O) groups is 2. The third-order valence-electron chi connectivity index (χ3n) is 5.80. The minimum Gasteiger partial charge on any atom is -0.354 e. The van der Waals surface area contributed by atoms with Gasteiger partial charge < -0.3 is 10.2 Å². The van der Waals surface area contributed by atoms with E-state index < -0.39 is 16.1 Å². The number of hydrogen-bond acceptors (Lipinski definition) is 4. The zero-order valence-corrected chi connectivity index (χ0v) is 23.4. The molecule has 0 spiro atoms. The van der Waals surface area contributed by atoms with E-state index in [0.29, 0.717) is 34.3 Å². The van der Waals surface area contributed by atoms with Crippen LogP contribution in [-0.4, -0.2) is 50.5 Å². The Hall–Kier alpha value is -2.29. The Labute approximate surface area is 224 Å². The highest BCUT2D eigenvalue weighted by Gasteiger charge is 2.29. The summed E-state index contributed by atoms with van der Waals surface area (Å²) in [6.07, 6.45) is 3.66. The first-order valence-corrected chi connectivity index (χ1v) is 14.7. The summed E-state index contributed by atoms with van der Waals surface area (Å²) >= 11 is 12.8. The lowest BCUT2D eigenvalue weighted by Gasteiger charge is -2.31. The van der Waals surface area contributed by atoms with Crippen molar-refractivity contribution in [1.29, 1.82) is 0 Å². The van der Waals surface area contributed by atoms with Crippen molar-refractivity contribution >= 4 is 50.7 Å². The second kappa shape index (κ2) is 14.4. The number of benzene rings is 2. The Morgan fingerprint density at radius 3 is 2.17 bits per heavy atom. The van der Waals surface area contributed by atoms with Crippen molar-refractivity contribution in [2.24, 2.45) is 0 Å². The van der Waals surface area contributed by atoms with Gasteiger partial charge in [-0.3, -0.25) is 13.9 Å². The number of sulfonamides is 1. The third-order valence-corrected chi connectivity index (χ3v) is 7.70. The van der Waals surface area contributed by atoms with Crippen molar-refractivity contribution in [3.05, 3.63) is 64.1 Å². The summed E-state index contributed by atoms with van der Waals surface area (Å²) in [5, 5.41) is 3.74. The van der Waals surface area contributed by atoms with Gasteiger partial charge in [-0.25, -0.2) is 8.42 Å². The molecule has 2 amide bonds. The van der Waals surface area contributed by atoms with Gasteiger partial charge in [0.15, 0.2) is 0 Å². The van der Waals surface area contributed by atoms with E-state index in [-0.39, 0.29) is 37.7 Å². The molecule has 1 atom stereocenters. The molecule has 1 N–H and O–H groups in total. The number of unbranched alkanes of at least 4 members (excludes halogenated alkanes) is 1. The van der Waals surface area contributed by atoms with Crippen molar-refractivity contribution in [2.75, 3.05) is 23.7 Å². The van der Waals surface area contributed by atoms with Crippen LogP contribution >= 0.6 is 23.2 Å². The summed E-state index contributed by atoms with van der Waals surface area (Å²) < 4.78 is 26.0. The molecule has 0 aliphatic carbocycles. The van der Waals surface area contributed by atoms with E-state index in [4.69, 9.17) is 23.2 Å². The van der Waals surface area contributed by atoms with Crippen molar-refractivity contribution in [3.63, 3.8) is 0 Å². The summed E-state index contributed by atoms with van der Waals surface area (Å²) in [5.41, 5.74) is 1.10. The van der Waals surface area contributed by atoms with Crippen LogP contribution in [0.25, 0.3) is 0 Å². The number of carbonyl (C=O) groups excluding carboxylic acids is 2. The van der Waals surface area contributed by atoms with Crippen LogP contribution < -0.4 is 9.62 Å². The molecule has 0 aliphatic rings. The topological polar surface area (TPSA) is 86.8 Å². The Morgan fingerprint density at radius 2 is 1.61 bits per heavy atom. The largest absolute Gasteiger partial charge is 0.354 e. The van der Waals surface area contributed by atoms with Crippen LogP contribution in [0.5, 0.6) is 0 Å². The fraction of sp³-hybridized carbons (Fsp3) is 0.462. The molecular formula is C26H35Cl2N3O4S. The number of halogens is 2. The molecule has 0 aliphatic heterocycles. The molecule has 0 fully saturated rings. The average molecular weight is 557 g/mol. The number of rotatable bonds is 14. The maximum Gasteiger partial charge on any atom is 0.242 e. The number of para-hydroxylation sites is 1. The van der Waals surface area contributed by atoms with Crippen LogP contribution in [0.3, 0.4) is 0 Å². The van der Waals surface area contributed by atoms with Crippen LogP contribution in [0.4, 0.5) is 5.69 Å². The Bertz CT molecular complexity index is 1090. The van der Waals surface area contributed by atoms with E-state index in [9.17, 15) is 18.0 Å².